The molecule has 4 rings (SSSR count). The lowest BCUT2D eigenvalue weighted by molar-refractivity contribution is 0.0826. The normalized spacial score (nSPS) is 14.3. The van der Waals surface area contributed by atoms with Gasteiger partial charge in [-0.2, -0.15) is 21.8 Å². The Morgan fingerprint density at radius 2 is 1.61 bits per heavy atom. The van der Waals surface area contributed by atoms with E-state index in [1.807, 2.05) is 13.8 Å². The summed E-state index contributed by atoms with van der Waals surface area (Å²) in [6.45, 7) is 5.18. The molecule has 1 heterocycles. The number of hydrogen-bond donors (Lipinski definition) is 3. The molecule has 248 valence electrons. The van der Waals surface area contributed by atoms with Crippen LogP contribution in [0.2, 0.25) is 5.02 Å². The van der Waals surface area contributed by atoms with E-state index in [0.717, 1.165) is 0 Å². The van der Waals surface area contributed by atoms with Gasteiger partial charge in [0.1, 0.15) is 22.9 Å². The first-order chi connectivity index (χ1) is 21.3. The summed E-state index contributed by atoms with van der Waals surface area (Å²) in [7, 11) is -4.71. The number of aliphatic imine (C=N–C) groups is 2. The molecule has 0 saturated heterocycles. The predicted octanol–water partition coefficient (Wildman–Crippen LogP) is 3.47. The number of anilines is 1. The van der Waals surface area contributed by atoms with Gasteiger partial charge in [0.2, 0.25) is 11.9 Å². The highest BCUT2D eigenvalue weighted by Gasteiger charge is 2.33. The Labute approximate surface area is 273 Å². The standard InChI is InChI=1S/C27H29ClN6O5S.C2H6O3S/c1-27(2)32-25(29)31-26(30)34(27)18-11-14-23(21(28)15-18)38-16-17-9-12-19(13-10-17)40(36,37)39-22-8-6-5-7-20(22)24(35)33(3)4;1-2-6(3,4)5/h5-15H,16H2,1-4H3,(H4,29,30,31,32);2H2,1H3,(H,3,4,5). The molecule has 46 heavy (non-hydrogen) atoms. The van der Waals surface area contributed by atoms with Crippen LogP contribution in [0.15, 0.2) is 81.6 Å². The smallest absolute Gasteiger partial charge is 0.339 e. The number of carbonyl (C=O) groups excluding carboxylic acids is 1. The number of ether oxygens (including phenoxy) is 1. The van der Waals surface area contributed by atoms with Gasteiger partial charge in [0.15, 0.2) is 5.75 Å². The Balaban J connectivity index is 0.000000875. The second-order valence-corrected chi connectivity index (χ2v) is 14.1. The number of carbonyl (C=O) groups is 1. The third-order valence-electron chi connectivity index (χ3n) is 6.26. The monoisotopic (exact) mass is 694 g/mol. The third kappa shape index (κ3) is 9.32. The molecule has 1 amide bonds. The first-order valence-corrected chi connectivity index (χ1v) is 17.0. The molecule has 5 N–H and O–H groups in total. The molecule has 0 bridgehead atoms. The van der Waals surface area contributed by atoms with Gasteiger partial charge in [-0.05, 0) is 68.8 Å². The molecule has 3 aromatic rings. The van der Waals surface area contributed by atoms with Crippen molar-refractivity contribution in [2.24, 2.45) is 21.5 Å². The number of rotatable bonds is 9. The number of nitrogens with two attached hydrogens (primary N) is 2. The highest BCUT2D eigenvalue weighted by Crippen LogP contribution is 2.34. The van der Waals surface area contributed by atoms with E-state index in [1.54, 1.807) is 61.5 Å². The molecular formula is C29H35ClN6O8S2. The van der Waals surface area contributed by atoms with Crippen LogP contribution in [0, 0.1) is 0 Å². The second kappa shape index (κ2) is 14.4. The van der Waals surface area contributed by atoms with Gasteiger partial charge in [-0.15, -0.1) is 0 Å². The quantitative estimate of drug-likeness (QED) is 0.218. The summed E-state index contributed by atoms with van der Waals surface area (Å²) in [6.07, 6.45) is 0. The van der Waals surface area contributed by atoms with Crippen LogP contribution in [0.1, 0.15) is 36.7 Å². The number of guanidine groups is 2. The zero-order chi connectivity index (χ0) is 34.4. The van der Waals surface area contributed by atoms with Crippen molar-refractivity contribution in [2.45, 2.75) is 37.9 Å². The van der Waals surface area contributed by atoms with Crippen LogP contribution in [-0.4, -0.2) is 69.6 Å². The summed E-state index contributed by atoms with van der Waals surface area (Å²) < 4.78 is 63.9. The summed E-state index contributed by atoms with van der Waals surface area (Å²) in [6, 6.07) is 17.3. The van der Waals surface area contributed by atoms with Crippen LogP contribution >= 0.6 is 11.6 Å². The molecule has 17 heteroatoms. The van der Waals surface area contributed by atoms with E-state index in [1.165, 1.54) is 36.1 Å². The molecule has 14 nitrogen and oxygen atoms in total. The molecule has 0 spiro atoms. The van der Waals surface area contributed by atoms with Gasteiger partial charge < -0.3 is 25.3 Å². The second-order valence-electron chi connectivity index (χ2n) is 10.4. The van der Waals surface area contributed by atoms with Crippen molar-refractivity contribution in [3.63, 3.8) is 0 Å². The van der Waals surface area contributed by atoms with Crippen molar-refractivity contribution in [1.29, 1.82) is 0 Å². The zero-order valence-electron chi connectivity index (χ0n) is 25.7. The van der Waals surface area contributed by atoms with Crippen molar-refractivity contribution in [1.82, 2.24) is 4.90 Å². The Morgan fingerprint density at radius 3 is 2.15 bits per heavy atom. The molecule has 0 fully saturated rings. The third-order valence-corrected chi connectivity index (χ3v) is 8.53. The average Bonchev–Trinajstić information content (AvgIpc) is 2.95. The molecule has 1 aliphatic rings. The van der Waals surface area contributed by atoms with Crippen LogP contribution in [0.3, 0.4) is 0 Å². The fraction of sp³-hybridized carbons (Fsp3) is 0.276. The zero-order valence-corrected chi connectivity index (χ0v) is 28.1. The van der Waals surface area contributed by atoms with Crippen molar-refractivity contribution >= 4 is 55.4 Å². The Kier molecular flexibility index (Phi) is 11.3. The van der Waals surface area contributed by atoms with Crippen molar-refractivity contribution < 1.29 is 35.1 Å². The Hall–Kier alpha value is -4.38. The number of amides is 1. The maximum atomic E-state index is 12.9. The molecule has 0 aromatic heterocycles. The maximum Gasteiger partial charge on any atom is 0.339 e. The summed E-state index contributed by atoms with van der Waals surface area (Å²) >= 11 is 6.49. The lowest BCUT2D eigenvalue weighted by Crippen LogP contribution is -2.54. The molecule has 0 radical (unpaired) electrons. The highest BCUT2D eigenvalue weighted by atomic mass is 35.5. The summed E-state index contributed by atoms with van der Waals surface area (Å²) in [5.74, 6) is 0.0734. The van der Waals surface area contributed by atoms with E-state index in [-0.39, 0.29) is 46.4 Å². The van der Waals surface area contributed by atoms with Crippen molar-refractivity contribution in [3.05, 3.63) is 82.9 Å². The molecule has 0 aliphatic carbocycles. The number of para-hydroxylation sites is 1. The largest absolute Gasteiger partial charge is 0.487 e. The van der Waals surface area contributed by atoms with E-state index in [4.69, 9.17) is 36.5 Å². The number of halogens is 1. The van der Waals surface area contributed by atoms with E-state index < -0.39 is 25.9 Å². The molecular weight excluding hydrogens is 660 g/mol. The summed E-state index contributed by atoms with van der Waals surface area (Å²) in [4.78, 5) is 23.7. The van der Waals surface area contributed by atoms with Crippen molar-refractivity contribution in [2.75, 3.05) is 24.7 Å². The van der Waals surface area contributed by atoms with Gasteiger partial charge in [0.25, 0.3) is 16.0 Å². The first kappa shape index (κ1) is 36.1. The van der Waals surface area contributed by atoms with Crippen molar-refractivity contribution in [3.8, 4) is 11.5 Å². The summed E-state index contributed by atoms with van der Waals surface area (Å²) in [5.41, 5.74) is 12.6. The predicted molar refractivity (Wildman–Crippen MR) is 176 cm³/mol. The molecule has 0 atom stereocenters. The average molecular weight is 695 g/mol. The first-order valence-electron chi connectivity index (χ1n) is 13.6. The van der Waals surface area contributed by atoms with Gasteiger partial charge in [-0.3, -0.25) is 14.2 Å². The highest BCUT2D eigenvalue weighted by molar-refractivity contribution is 7.87. The fourth-order valence-electron chi connectivity index (χ4n) is 4.03. The van der Waals surface area contributed by atoms with E-state index >= 15 is 0 Å². The number of hydrogen-bond acceptors (Lipinski definition) is 12. The van der Waals surface area contributed by atoms with Gasteiger partial charge in [0.05, 0.1) is 16.3 Å². The molecule has 0 saturated carbocycles. The lowest BCUT2D eigenvalue weighted by Gasteiger charge is -2.38. The van der Waals surface area contributed by atoms with Gasteiger partial charge in [0, 0.05) is 19.8 Å². The van der Waals surface area contributed by atoms with Crippen LogP contribution in [0.25, 0.3) is 0 Å². The lowest BCUT2D eigenvalue weighted by atomic mass is 10.1. The number of benzene rings is 3. The van der Waals surface area contributed by atoms with Crippen LogP contribution in [-0.2, 0) is 26.8 Å². The van der Waals surface area contributed by atoms with E-state index in [0.29, 0.717) is 22.0 Å². The molecule has 0 unspecified atom stereocenters. The summed E-state index contributed by atoms with van der Waals surface area (Å²) in [5, 5.41) is 0.335. The fourth-order valence-corrected chi connectivity index (χ4v) is 5.21. The maximum absolute atomic E-state index is 12.9. The minimum absolute atomic E-state index is 0.0528. The van der Waals surface area contributed by atoms with Crippen LogP contribution < -0.4 is 25.3 Å². The number of nitrogens with zero attached hydrogens (tertiary/aromatic N) is 4. The van der Waals surface area contributed by atoms with Crippen LogP contribution in [0.4, 0.5) is 5.69 Å². The Morgan fingerprint density at radius 1 is 1.00 bits per heavy atom. The minimum Gasteiger partial charge on any atom is -0.487 e. The topological polar surface area (TPSA) is 207 Å². The van der Waals surface area contributed by atoms with Crippen LogP contribution in [0.5, 0.6) is 11.5 Å². The van der Waals surface area contributed by atoms with Gasteiger partial charge in [-0.25, -0.2) is 4.99 Å². The van der Waals surface area contributed by atoms with E-state index in [2.05, 4.69) is 9.98 Å². The molecule has 3 aromatic carbocycles. The minimum atomic E-state index is -4.19. The Bertz CT molecular complexity index is 1860. The van der Waals surface area contributed by atoms with Gasteiger partial charge >= 0.3 is 10.1 Å². The van der Waals surface area contributed by atoms with E-state index in [9.17, 15) is 21.6 Å². The molecule has 1 aliphatic heterocycles. The SMILES string of the molecule is CCS(=O)(=O)O.CN(C)C(=O)c1ccccc1OS(=O)(=O)c1ccc(COc2ccc(N3C(N)=NC(N)=NC3(C)C)cc2Cl)cc1. The van der Waals surface area contributed by atoms with Gasteiger partial charge in [-0.1, -0.05) is 35.9 Å².